The van der Waals surface area contributed by atoms with Gasteiger partial charge in [0.1, 0.15) is 0 Å². The van der Waals surface area contributed by atoms with E-state index in [4.69, 9.17) is 0 Å². The fraction of sp³-hybridized carbons (Fsp3) is 0.238. The number of carbonyl (C=O) groups is 1. The highest BCUT2D eigenvalue weighted by Crippen LogP contribution is 2.32. The van der Waals surface area contributed by atoms with Gasteiger partial charge in [-0.05, 0) is 32.4 Å². The number of nitrogens with zero attached hydrogens (tertiary/aromatic N) is 3. The van der Waals surface area contributed by atoms with Crippen molar-refractivity contribution in [1.82, 2.24) is 14.9 Å². The van der Waals surface area contributed by atoms with Crippen molar-refractivity contribution in [2.45, 2.75) is 32.0 Å². The molecular weight excluding hydrogens is 388 g/mol. The third-order valence-corrected chi connectivity index (χ3v) is 5.17. The van der Waals surface area contributed by atoms with Gasteiger partial charge in [0.05, 0.1) is 28.3 Å². The Morgan fingerprint density at radius 1 is 1.24 bits per heavy atom. The highest BCUT2D eigenvalue weighted by Gasteiger charge is 2.18. The first kappa shape index (κ1) is 20.6. The summed E-state index contributed by atoms with van der Waals surface area (Å²) >= 11 is 1.33. The number of rotatable bonds is 7. The van der Waals surface area contributed by atoms with Gasteiger partial charge in [-0.3, -0.25) is 19.5 Å². The minimum atomic E-state index is -0.413. The summed E-state index contributed by atoms with van der Waals surface area (Å²) in [5.74, 6) is 0.163. The third-order valence-electron chi connectivity index (χ3n) is 4.22. The van der Waals surface area contributed by atoms with Crippen molar-refractivity contribution in [1.29, 1.82) is 0 Å². The summed E-state index contributed by atoms with van der Waals surface area (Å²) in [5.41, 5.74) is 3.39. The molecule has 0 radical (unpaired) electrons. The number of imidazole rings is 1. The summed E-state index contributed by atoms with van der Waals surface area (Å²) in [7, 11) is 0. The molecule has 1 heterocycles. The first-order valence-corrected chi connectivity index (χ1v) is 10.2. The Balaban J connectivity index is 2.05. The topological polar surface area (TPSA) is 90.1 Å². The predicted octanol–water partition coefficient (Wildman–Crippen LogP) is 4.37. The second kappa shape index (κ2) is 8.91. The molecule has 2 aromatic carbocycles. The molecule has 0 aliphatic carbocycles. The van der Waals surface area contributed by atoms with Crippen LogP contribution in [0.25, 0.3) is 16.9 Å². The Kier molecular flexibility index (Phi) is 6.33. The summed E-state index contributed by atoms with van der Waals surface area (Å²) in [4.78, 5) is 27.4. The van der Waals surface area contributed by atoms with Crippen LogP contribution in [0.1, 0.15) is 19.4 Å². The molecule has 0 fully saturated rings. The van der Waals surface area contributed by atoms with Gasteiger partial charge in [-0.2, -0.15) is 0 Å². The molecule has 0 bridgehead atoms. The maximum absolute atomic E-state index is 12.1. The van der Waals surface area contributed by atoms with Crippen LogP contribution >= 0.6 is 11.8 Å². The monoisotopic (exact) mass is 410 g/mol. The van der Waals surface area contributed by atoms with Crippen molar-refractivity contribution in [2.75, 3.05) is 5.75 Å². The van der Waals surface area contributed by atoms with E-state index in [-0.39, 0.29) is 23.4 Å². The van der Waals surface area contributed by atoms with Crippen molar-refractivity contribution in [3.63, 3.8) is 0 Å². The number of nitro benzene ring substituents is 1. The first-order chi connectivity index (χ1) is 13.9. The predicted molar refractivity (Wildman–Crippen MR) is 114 cm³/mol. The molecule has 3 rings (SSSR count). The van der Waals surface area contributed by atoms with E-state index in [1.165, 1.54) is 23.9 Å². The van der Waals surface area contributed by atoms with Crippen molar-refractivity contribution in [3.05, 3.63) is 70.4 Å². The highest BCUT2D eigenvalue weighted by molar-refractivity contribution is 7.99. The summed E-state index contributed by atoms with van der Waals surface area (Å²) in [5, 5.41) is 14.7. The van der Waals surface area contributed by atoms with E-state index in [1.807, 2.05) is 55.7 Å². The summed E-state index contributed by atoms with van der Waals surface area (Å²) in [6.45, 7) is 5.82. The van der Waals surface area contributed by atoms with Gasteiger partial charge in [0, 0.05) is 23.7 Å². The second-order valence-corrected chi connectivity index (χ2v) is 7.81. The van der Waals surface area contributed by atoms with Crippen LogP contribution in [0.2, 0.25) is 0 Å². The fourth-order valence-electron chi connectivity index (χ4n) is 2.96. The van der Waals surface area contributed by atoms with Crippen LogP contribution < -0.4 is 5.32 Å². The van der Waals surface area contributed by atoms with Crippen LogP contribution in [0.4, 0.5) is 5.69 Å². The Bertz CT molecular complexity index is 1050. The van der Waals surface area contributed by atoms with E-state index in [1.54, 1.807) is 12.3 Å². The number of hydrogen-bond acceptors (Lipinski definition) is 5. The van der Waals surface area contributed by atoms with Crippen LogP contribution in [-0.2, 0) is 4.79 Å². The molecule has 0 unspecified atom stereocenters. The number of nitrogens with one attached hydrogen (secondary N) is 1. The average molecular weight is 410 g/mol. The quantitative estimate of drug-likeness (QED) is 0.355. The minimum absolute atomic E-state index is 0.0190. The number of hydrogen-bond donors (Lipinski definition) is 1. The van der Waals surface area contributed by atoms with Crippen molar-refractivity contribution < 1.29 is 9.72 Å². The molecular formula is C21H22N4O3S. The molecule has 29 heavy (non-hydrogen) atoms. The van der Waals surface area contributed by atoms with Gasteiger partial charge in [-0.15, -0.1) is 0 Å². The molecule has 8 heteroatoms. The maximum atomic E-state index is 12.1. The van der Waals surface area contributed by atoms with Crippen LogP contribution in [0.3, 0.4) is 0 Å². The maximum Gasteiger partial charge on any atom is 0.270 e. The van der Waals surface area contributed by atoms with E-state index in [2.05, 4.69) is 10.3 Å². The zero-order chi connectivity index (χ0) is 21.0. The molecule has 1 aromatic heterocycles. The molecule has 0 aliphatic heterocycles. The first-order valence-electron chi connectivity index (χ1n) is 9.17. The molecule has 0 atom stereocenters. The molecule has 1 N–H and O–H groups in total. The summed E-state index contributed by atoms with van der Waals surface area (Å²) in [6.07, 6.45) is 1.69. The largest absolute Gasteiger partial charge is 0.353 e. The lowest BCUT2D eigenvalue weighted by atomic mass is 10.1. The standard InChI is InChI=1S/C21H22N4O3S/c1-14(2)23-20(26)13-29-21-22-12-19(16-8-6-9-17(11-16)25(27)28)24(21)18-10-5-4-7-15(18)3/h4-12,14H,13H2,1-3H3,(H,23,26). The van der Waals surface area contributed by atoms with Crippen molar-refractivity contribution in [2.24, 2.45) is 0 Å². The fourth-order valence-corrected chi connectivity index (χ4v) is 3.76. The van der Waals surface area contributed by atoms with Crippen LogP contribution in [0.15, 0.2) is 59.9 Å². The number of aromatic nitrogens is 2. The zero-order valence-corrected chi connectivity index (χ0v) is 17.3. The molecule has 7 nitrogen and oxygen atoms in total. The van der Waals surface area contributed by atoms with E-state index in [0.717, 1.165) is 16.9 Å². The molecule has 3 aromatic rings. The number of non-ortho nitro benzene ring substituents is 1. The number of aryl methyl sites for hydroxylation is 1. The molecule has 1 amide bonds. The Labute approximate surface area is 173 Å². The molecule has 0 saturated heterocycles. The number of carbonyl (C=O) groups excluding carboxylic acids is 1. The number of nitro groups is 1. The Hall–Kier alpha value is -3.13. The Morgan fingerprint density at radius 2 is 2.00 bits per heavy atom. The summed E-state index contributed by atoms with van der Waals surface area (Å²) < 4.78 is 1.95. The van der Waals surface area contributed by atoms with Crippen LogP contribution in [0.5, 0.6) is 0 Å². The molecule has 0 saturated carbocycles. The van der Waals surface area contributed by atoms with Crippen molar-refractivity contribution in [3.8, 4) is 16.9 Å². The summed E-state index contributed by atoms with van der Waals surface area (Å²) in [6, 6.07) is 14.4. The van der Waals surface area contributed by atoms with Gasteiger partial charge < -0.3 is 5.32 Å². The van der Waals surface area contributed by atoms with Gasteiger partial charge in [0.25, 0.3) is 5.69 Å². The van der Waals surface area contributed by atoms with E-state index in [9.17, 15) is 14.9 Å². The van der Waals surface area contributed by atoms with Gasteiger partial charge in [-0.1, -0.05) is 42.1 Å². The smallest absolute Gasteiger partial charge is 0.270 e. The van der Waals surface area contributed by atoms with E-state index < -0.39 is 4.92 Å². The highest BCUT2D eigenvalue weighted by atomic mass is 32.2. The number of amides is 1. The van der Waals surface area contributed by atoms with Gasteiger partial charge in [0.15, 0.2) is 5.16 Å². The van der Waals surface area contributed by atoms with Gasteiger partial charge in [0.2, 0.25) is 5.91 Å². The van der Waals surface area contributed by atoms with E-state index >= 15 is 0 Å². The second-order valence-electron chi connectivity index (χ2n) is 6.87. The molecule has 0 spiro atoms. The normalized spacial score (nSPS) is 10.9. The van der Waals surface area contributed by atoms with Crippen molar-refractivity contribution >= 4 is 23.4 Å². The lowest BCUT2D eigenvalue weighted by Crippen LogP contribution is -2.31. The molecule has 0 aliphatic rings. The molecule has 150 valence electrons. The van der Waals surface area contributed by atoms with Gasteiger partial charge >= 0.3 is 0 Å². The third kappa shape index (κ3) is 4.83. The number of para-hydroxylation sites is 1. The van der Waals surface area contributed by atoms with Crippen LogP contribution in [0, 0.1) is 17.0 Å². The Morgan fingerprint density at radius 3 is 2.69 bits per heavy atom. The lowest BCUT2D eigenvalue weighted by Gasteiger charge is -2.14. The lowest BCUT2D eigenvalue weighted by molar-refractivity contribution is -0.384. The number of thioether (sulfide) groups is 1. The van der Waals surface area contributed by atoms with E-state index in [0.29, 0.717) is 10.7 Å². The number of benzene rings is 2. The SMILES string of the molecule is Cc1ccccc1-n1c(-c2cccc([N+](=O)[O-])c2)cnc1SCC(=O)NC(C)C. The zero-order valence-electron chi connectivity index (χ0n) is 16.5. The van der Waals surface area contributed by atoms with Gasteiger partial charge in [-0.25, -0.2) is 4.98 Å². The van der Waals surface area contributed by atoms with Crippen LogP contribution in [-0.4, -0.2) is 32.2 Å². The average Bonchev–Trinajstić information content (AvgIpc) is 3.10. The minimum Gasteiger partial charge on any atom is -0.353 e.